The predicted molar refractivity (Wildman–Crippen MR) is 67.4 cm³/mol. The first kappa shape index (κ1) is 11.5. The van der Waals surface area contributed by atoms with Crippen molar-refractivity contribution >= 4 is 5.91 Å². The highest BCUT2D eigenvalue weighted by atomic mass is 16.1. The number of amides is 1. The van der Waals surface area contributed by atoms with Gasteiger partial charge in [0.25, 0.3) is 0 Å². The fraction of sp³-hybridized carbons (Fsp3) is 0.214. The summed E-state index contributed by atoms with van der Waals surface area (Å²) >= 11 is 0. The van der Waals surface area contributed by atoms with E-state index >= 15 is 0 Å². The van der Waals surface area contributed by atoms with Gasteiger partial charge in [-0.3, -0.25) is 4.79 Å². The van der Waals surface area contributed by atoms with Crippen LogP contribution in [0.2, 0.25) is 0 Å². The molecule has 1 N–H and O–H groups in total. The van der Waals surface area contributed by atoms with Crippen LogP contribution in [0.3, 0.4) is 0 Å². The Morgan fingerprint density at radius 3 is 2.59 bits per heavy atom. The highest BCUT2D eigenvalue weighted by molar-refractivity contribution is 5.78. The number of rotatable bonds is 4. The van der Waals surface area contributed by atoms with Gasteiger partial charge in [0.1, 0.15) is 0 Å². The second-order valence-electron chi connectivity index (χ2n) is 4.05. The molecule has 0 spiro atoms. The van der Waals surface area contributed by atoms with Crippen molar-refractivity contribution in [3.05, 3.63) is 59.9 Å². The predicted octanol–water partition coefficient (Wildman–Crippen LogP) is 1.88. The zero-order valence-corrected chi connectivity index (χ0v) is 9.89. The zero-order chi connectivity index (χ0) is 12.1. The van der Waals surface area contributed by atoms with E-state index in [1.54, 1.807) is 0 Å². The van der Waals surface area contributed by atoms with Crippen LogP contribution >= 0.6 is 0 Å². The summed E-state index contributed by atoms with van der Waals surface area (Å²) in [4.78, 5) is 11.7. The number of nitrogens with one attached hydrogen (secondary N) is 1. The maximum atomic E-state index is 11.7. The molecule has 3 heteroatoms. The van der Waals surface area contributed by atoms with E-state index in [9.17, 15) is 4.79 Å². The van der Waals surface area contributed by atoms with E-state index < -0.39 is 0 Å². The second-order valence-corrected chi connectivity index (χ2v) is 4.05. The molecule has 0 saturated carbocycles. The molecule has 0 radical (unpaired) electrons. The summed E-state index contributed by atoms with van der Waals surface area (Å²) in [6, 6.07) is 13.7. The van der Waals surface area contributed by atoms with Crippen molar-refractivity contribution in [3.63, 3.8) is 0 Å². The molecule has 0 unspecified atom stereocenters. The van der Waals surface area contributed by atoms with E-state index in [2.05, 4.69) is 5.32 Å². The highest BCUT2D eigenvalue weighted by Crippen LogP contribution is 2.01. The lowest BCUT2D eigenvalue weighted by Crippen LogP contribution is -2.25. The molecule has 3 nitrogen and oxygen atoms in total. The highest BCUT2D eigenvalue weighted by Gasteiger charge is 2.03. The first-order valence-corrected chi connectivity index (χ1v) is 5.66. The number of benzene rings is 1. The number of carbonyl (C=O) groups excluding carboxylic acids is 1. The molecule has 1 heterocycles. The van der Waals surface area contributed by atoms with Gasteiger partial charge in [-0.15, -0.1) is 0 Å². The Bertz CT molecular complexity index is 488. The summed E-state index contributed by atoms with van der Waals surface area (Å²) in [5.74, 6) is 0.0531. The molecular weight excluding hydrogens is 212 g/mol. The lowest BCUT2D eigenvalue weighted by molar-refractivity contribution is -0.120. The van der Waals surface area contributed by atoms with E-state index in [0.717, 1.165) is 11.3 Å². The minimum Gasteiger partial charge on any atom is -0.353 e. The van der Waals surface area contributed by atoms with Gasteiger partial charge in [0.15, 0.2) is 0 Å². The van der Waals surface area contributed by atoms with Crippen molar-refractivity contribution in [3.8, 4) is 0 Å². The van der Waals surface area contributed by atoms with Crippen LogP contribution < -0.4 is 5.32 Å². The van der Waals surface area contributed by atoms with Crippen molar-refractivity contribution in [2.75, 3.05) is 0 Å². The molecular formula is C14H16N2O. The molecule has 0 aliphatic rings. The molecule has 0 bridgehead atoms. The van der Waals surface area contributed by atoms with Gasteiger partial charge < -0.3 is 9.88 Å². The third kappa shape index (κ3) is 3.21. The van der Waals surface area contributed by atoms with Crippen molar-refractivity contribution in [2.24, 2.45) is 7.05 Å². The minimum atomic E-state index is 0.0531. The van der Waals surface area contributed by atoms with Gasteiger partial charge in [-0.1, -0.05) is 30.3 Å². The molecule has 2 aromatic rings. The van der Waals surface area contributed by atoms with Crippen molar-refractivity contribution < 1.29 is 4.79 Å². The van der Waals surface area contributed by atoms with E-state index in [0.29, 0.717) is 13.0 Å². The summed E-state index contributed by atoms with van der Waals surface area (Å²) in [7, 11) is 1.97. The normalized spacial score (nSPS) is 10.2. The lowest BCUT2D eigenvalue weighted by atomic mass is 10.1. The summed E-state index contributed by atoms with van der Waals surface area (Å²) in [6.07, 6.45) is 2.41. The number of nitrogens with zero attached hydrogens (tertiary/aromatic N) is 1. The molecule has 17 heavy (non-hydrogen) atoms. The Hall–Kier alpha value is -2.03. The minimum absolute atomic E-state index is 0.0531. The van der Waals surface area contributed by atoms with E-state index in [1.807, 2.05) is 60.3 Å². The average Bonchev–Trinajstić information content (AvgIpc) is 2.74. The number of aryl methyl sites for hydroxylation is 1. The summed E-state index contributed by atoms with van der Waals surface area (Å²) in [5, 5.41) is 2.91. The Balaban J connectivity index is 1.84. The fourth-order valence-corrected chi connectivity index (χ4v) is 1.71. The van der Waals surface area contributed by atoms with E-state index in [1.165, 1.54) is 0 Å². The molecule has 0 fully saturated rings. The van der Waals surface area contributed by atoms with Crippen molar-refractivity contribution in [2.45, 2.75) is 13.0 Å². The molecule has 2 rings (SSSR count). The molecule has 0 aliphatic carbocycles. The zero-order valence-electron chi connectivity index (χ0n) is 9.89. The summed E-state index contributed by atoms with van der Waals surface area (Å²) in [6.45, 7) is 0.579. The number of hydrogen-bond donors (Lipinski definition) is 1. The van der Waals surface area contributed by atoms with Gasteiger partial charge in [-0.2, -0.15) is 0 Å². The van der Waals surface area contributed by atoms with Crippen LogP contribution in [0.5, 0.6) is 0 Å². The molecule has 0 atom stereocenters. The SMILES string of the molecule is Cn1cccc1CNC(=O)Cc1ccccc1. The van der Waals surface area contributed by atoms with Gasteiger partial charge in [0.2, 0.25) is 5.91 Å². The van der Waals surface area contributed by atoms with E-state index in [-0.39, 0.29) is 5.91 Å². The molecule has 1 aromatic carbocycles. The van der Waals surface area contributed by atoms with Crippen LogP contribution in [-0.2, 0) is 24.8 Å². The first-order valence-electron chi connectivity index (χ1n) is 5.66. The quantitative estimate of drug-likeness (QED) is 0.851. The Morgan fingerprint density at radius 1 is 1.18 bits per heavy atom. The lowest BCUT2D eigenvalue weighted by Gasteiger charge is -2.06. The smallest absolute Gasteiger partial charge is 0.224 e. The third-order valence-electron chi connectivity index (χ3n) is 2.73. The molecule has 1 amide bonds. The Kier molecular flexibility index (Phi) is 3.60. The first-order chi connectivity index (χ1) is 8.25. The van der Waals surface area contributed by atoms with Crippen LogP contribution in [0, 0.1) is 0 Å². The summed E-state index contributed by atoms with van der Waals surface area (Å²) in [5.41, 5.74) is 2.14. The monoisotopic (exact) mass is 228 g/mol. The van der Waals surface area contributed by atoms with Crippen LogP contribution in [-0.4, -0.2) is 10.5 Å². The number of aromatic nitrogens is 1. The third-order valence-corrected chi connectivity index (χ3v) is 2.73. The van der Waals surface area contributed by atoms with Crippen LogP contribution in [0.4, 0.5) is 0 Å². The Labute approximate surface area is 101 Å². The maximum Gasteiger partial charge on any atom is 0.224 e. The van der Waals surface area contributed by atoms with Gasteiger partial charge in [-0.25, -0.2) is 0 Å². The van der Waals surface area contributed by atoms with Gasteiger partial charge >= 0.3 is 0 Å². The summed E-state index contributed by atoms with van der Waals surface area (Å²) < 4.78 is 2.00. The van der Waals surface area contributed by atoms with Gasteiger partial charge in [0.05, 0.1) is 13.0 Å². The van der Waals surface area contributed by atoms with Gasteiger partial charge in [-0.05, 0) is 17.7 Å². The topological polar surface area (TPSA) is 34.0 Å². The number of hydrogen-bond acceptors (Lipinski definition) is 1. The van der Waals surface area contributed by atoms with Crippen molar-refractivity contribution in [1.29, 1.82) is 0 Å². The maximum absolute atomic E-state index is 11.7. The van der Waals surface area contributed by atoms with Crippen molar-refractivity contribution in [1.82, 2.24) is 9.88 Å². The molecule has 1 aromatic heterocycles. The van der Waals surface area contributed by atoms with E-state index in [4.69, 9.17) is 0 Å². The van der Waals surface area contributed by atoms with Crippen LogP contribution in [0.15, 0.2) is 48.7 Å². The standard InChI is InChI=1S/C14H16N2O/c1-16-9-5-8-13(16)11-15-14(17)10-12-6-3-2-4-7-12/h2-9H,10-11H2,1H3,(H,15,17). The number of carbonyl (C=O) groups is 1. The molecule has 0 aliphatic heterocycles. The average molecular weight is 228 g/mol. The largest absolute Gasteiger partial charge is 0.353 e. The Morgan fingerprint density at radius 2 is 1.94 bits per heavy atom. The van der Waals surface area contributed by atoms with Crippen LogP contribution in [0.1, 0.15) is 11.3 Å². The van der Waals surface area contributed by atoms with Gasteiger partial charge in [0, 0.05) is 18.9 Å². The fourth-order valence-electron chi connectivity index (χ4n) is 1.71. The second kappa shape index (κ2) is 5.34. The molecule has 0 saturated heterocycles. The molecule has 88 valence electrons. The van der Waals surface area contributed by atoms with Crippen LogP contribution in [0.25, 0.3) is 0 Å².